The molecule has 0 saturated heterocycles. The van der Waals surface area contributed by atoms with E-state index in [1.54, 1.807) is 0 Å². The minimum atomic E-state index is -2.57. The standard InChI is InChI=1S/C30H65NO6Si4.2CH4/c1-11-14-15-16-17-18-19-20-21-22-25-33-26-27-34-29-30(32)31-24-23-28-41(10,36-39(6,7)13-3)37-40(8,9)35-38(4,5)12-2;;/h12-13H,2-3,11,14-29H2,1,4-10H3,(H,31,32);2*1H4. The van der Waals surface area contributed by atoms with Crippen LogP contribution in [0.5, 0.6) is 0 Å². The van der Waals surface area contributed by atoms with Crippen molar-refractivity contribution in [2.75, 3.05) is 33.0 Å². The molecule has 1 unspecified atom stereocenters. The molecule has 0 saturated carbocycles. The molecule has 258 valence electrons. The zero-order valence-corrected chi connectivity index (χ0v) is 32.0. The molecule has 0 radical (unpaired) electrons. The summed E-state index contributed by atoms with van der Waals surface area (Å²) in [6, 6.07) is 0.765. The molecular weight excluding hydrogens is 607 g/mol. The zero-order valence-electron chi connectivity index (χ0n) is 28.0. The number of hydrogen-bond donors (Lipinski definition) is 1. The fraction of sp³-hybridized carbons (Fsp3) is 0.844. The summed E-state index contributed by atoms with van der Waals surface area (Å²) in [5.74, 6) is -0.109. The summed E-state index contributed by atoms with van der Waals surface area (Å²) < 4.78 is 31.0. The Labute approximate surface area is 272 Å². The van der Waals surface area contributed by atoms with Crippen LogP contribution in [0.4, 0.5) is 0 Å². The van der Waals surface area contributed by atoms with Crippen LogP contribution in [0.15, 0.2) is 24.6 Å². The molecule has 11 heteroatoms. The van der Waals surface area contributed by atoms with Crippen LogP contribution in [0.3, 0.4) is 0 Å². The summed E-state index contributed by atoms with van der Waals surface area (Å²) >= 11 is 0. The van der Waals surface area contributed by atoms with Crippen LogP contribution < -0.4 is 5.32 Å². The second kappa shape index (κ2) is 25.8. The molecule has 1 amide bonds. The van der Waals surface area contributed by atoms with Gasteiger partial charge in [0.2, 0.25) is 5.91 Å². The van der Waals surface area contributed by atoms with E-state index in [0.29, 0.717) is 19.8 Å². The fourth-order valence-electron chi connectivity index (χ4n) is 4.70. The van der Waals surface area contributed by atoms with Gasteiger partial charge < -0.3 is 27.1 Å². The predicted molar refractivity (Wildman–Crippen MR) is 197 cm³/mol. The molecular formula is C32H73NO6Si4. The first kappa shape index (κ1) is 47.0. The van der Waals surface area contributed by atoms with Gasteiger partial charge >= 0.3 is 17.1 Å². The number of unbranched alkanes of at least 4 members (excludes halogenated alkanes) is 9. The second-order valence-electron chi connectivity index (χ2n) is 12.8. The minimum absolute atomic E-state index is 0. The minimum Gasteiger partial charge on any atom is -0.433 e. The molecule has 1 atom stereocenters. The molecule has 1 N–H and O–H groups in total. The summed E-state index contributed by atoms with van der Waals surface area (Å²) in [5, 5.41) is 2.96. The topological polar surface area (TPSA) is 75.3 Å². The number of rotatable bonds is 28. The Morgan fingerprint density at radius 2 is 1.14 bits per heavy atom. The van der Waals surface area contributed by atoms with Crippen molar-refractivity contribution in [3.05, 3.63) is 24.6 Å². The molecule has 0 aromatic carbocycles. The average Bonchev–Trinajstić information content (AvgIpc) is 2.87. The Bertz CT molecular complexity index is 724. The summed E-state index contributed by atoms with van der Waals surface area (Å²) in [6.07, 6.45) is 13.9. The van der Waals surface area contributed by atoms with E-state index in [4.69, 9.17) is 21.8 Å². The lowest BCUT2D eigenvalue weighted by Crippen LogP contribution is -2.57. The Hall–Kier alpha value is -0.382. The highest BCUT2D eigenvalue weighted by molar-refractivity contribution is 6.91. The van der Waals surface area contributed by atoms with Gasteiger partial charge in [-0.3, -0.25) is 4.79 Å². The number of hydrogen-bond acceptors (Lipinski definition) is 6. The van der Waals surface area contributed by atoms with Crippen molar-refractivity contribution in [3.63, 3.8) is 0 Å². The number of carbonyl (C=O) groups excluding carboxylic acids is 1. The molecule has 0 rings (SSSR count). The molecule has 7 nitrogen and oxygen atoms in total. The van der Waals surface area contributed by atoms with Crippen molar-refractivity contribution >= 4 is 39.7 Å². The molecule has 0 spiro atoms. The lowest BCUT2D eigenvalue weighted by atomic mass is 10.1. The van der Waals surface area contributed by atoms with Gasteiger partial charge in [-0.15, -0.1) is 13.2 Å². The maximum atomic E-state index is 12.2. The summed E-state index contributed by atoms with van der Waals surface area (Å²) in [4.78, 5) is 12.2. The maximum absolute atomic E-state index is 12.2. The zero-order chi connectivity index (χ0) is 31.3. The molecule has 0 aromatic heterocycles. The lowest BCUT2D eigenvalue weighted by Gasteiger charge is -2.41. The van der Waals surface area contributed by atoms with Crippen LogP contribution in [-0.4, -0.2) is 72.6 Å². The first-order chi connectivity index (χ1) is 19.2. The Morgan fingerprint density at radius 3 is 1.67 bits per heavy atom. The van der Waals surface area contributed by atoms with Crippen molar-refractivity contribution < 1.29 is 26.6 Å². The highest BCUT2D eigenvalue weighted by atomic mass is 28.5. The van der Waals surface area contributed by atoms with Gasteiger partial charge in [0.15, 0.2) is 16.6 Å². The Kier molecular flexibility index (Phi) is 28.2. The number of nitrogens with one attached hydrogen (secondary N) is 1. The van der Waals surface area contributed by atoms with Crippen molar-refractivity contribution in [3.8, 4) is 0 Å². The van der Waals surface area contributed by atoms with E-state index in [1.807, 2.05) is 11.4 Å². The molecule has 0 bridgehead atoms. The van der Waals surface area contributed by atoms with Crippen LogP contribution in [0, 0.1) is 0 Å². The van der Waals surface area contributed by atoms with Crippen LogP contribution in [0.25, 0.3) is 0 Å². The Balaban J connectivity index is -0.00000800. The highest BCUT2D eigenvalue weighted by Gasteiger charge is 2.44. The van der Waals surface area contributed by atoms with Gasteiger partial charge in [0.1, 0.15) is 6.61 Å². The van der Waals surface area contributed by atoms with Crippen molar-refractivity contribution in [2.45, 2.75) is 144 Å². The van der Waals surface area contributed by atoms with Gasteiger partial charge in [-0.2, -0.15) is 0 Å². The third-order valence-electron chi connectivity index (χ3n) is 6.81. The molecule has 0 aliphatic carbocycles. The highest BCUT2D eigenvalue weighted by Crippen LogP contribution is 2.28. The normalized spacial score (nSPS) is 13.4. The molecule has 0 aromatic rings. The van der Waals surface area contributed by atoms with Gasteiger partial charge in [0.25, 0.3) is 0 Å². The first-order valence-corrected chi connectivity index (χ1v) is 27.3. The molecule has 0 fully saturated rings. The maximum Gasteiger partial charge on any atom is 0.316 e. The van der Waals surface area contributed by atoms with Crippen LogP contribution >= 0.6 is 0 Å². The van der Waals surface area contributed by atoms with E-state index in [-0.39, 0.29) is 27.4 Å². The fourth-order valence-corrected chi connectivity index (χ4v) is 21.8. The largest absolute Gasteiger partial charge is 0.433 e. The van der Waals surface area contributed by atoms with E-state index < -0.39 is 33.8 Å². The van der Waals surface area contributed by atoms with Gasteiger partial charge in [0, 0.05) is 13.2 Å². The molecule has 0 aliphatic rings. The van der Waals surface area contributed by atoms with E-state index in [0.717, 1.165) is 25.5 Å². The number of carbonyl (C=O) groups is 1. The van der Waals surface area contributed by atoms with E-state index in [9.17, 15) is 4.79 Å². The number of amides is 1. The van der Waals surface area contributed by atoms with E-state index in [1.165, 1.54) is 57.8 Å². The van der Waals surface area contributed by atoms with Gasteiger partial charge in [-0.25, -0.2) is 0 Å². The SMILES string of the molecule is C.C.C=C[Si](C)(C)O[Si](C)(C)O[Si](C)(CCCNC(=O)COCCOCCCCCCCCCCCC)O[Si](C)(C)C=C. The summed E-state index contributed by atoms with van der Waals surface area (Å²) in [6.45, 7) is 27.3. The quantitative estimate of drug-likeness (QED) is 0.0656. The van der Waals surface area contributed by atoms with Crippen LogP contribution in [-0.2, 0) is 26.6 Å². The van der Waals surface area contributed by atoms with Crippen LogP contribution in [0.1, 0.15) is 92.4 Å². The van der Waals surface area contributed by atoms with Crippen molar-refractivity contribution in [1.82, 2.24) is 5.32 Å². The molecule has 0 aliphatic heterocycles. The Morgan fingerprint density at radius 1 is 0.651 bits per heavy atom. The predicted octanol–water partition coefficient (Wildman–Crippen LogP) is 9.40. The van der Waals surface area contributed by atoms with E-state index >= 15 is 0 Å². The van der Waals surface area contributed by atoms with Crippen molar-refractivity contribution in [2.24, 2.45) is 0 Å². The van der Waals surface area contributed by atoms with E-state index in [2.05, 4.69) is 71.2 Å². The third-order valence-corrected chi connectivity index (χ3v) is 21.6. The average molecular weight is 680 g/mol. The van der Waals surface area contributed by atoms with Crippen LogP contribution in [0.2, 0.25) is 51.9 Å². The van der Waals surface area contributed by atoms with Gasteiger partial charge in [0.05, 0.1) is 13.2 Å². The summed E-state index contributed by atoms with van der Waals surface area (Å²) in [7, 11) is -9.08. The second-order valence-corrected chi connectivity index (χ2v) is 28.0. The molecule has 0 heterocycles. The summed E-state index contributed by atoms with van der Waals surface area (Å²) in [5.41, 5.74) is 3.88. The van der Waals surface area contributed by atoms with Crippen molar-refractivity contribution in [1.29, 1.82) is 0 Å². The van der Waals surface area contributed by atoms with Gasteiger partial charge in [-0.1, -0.05) is 91.0 Å². The smallest absolute Gasteiger partial charge is 0.316 e. The first-order valence-electron chi connectivity index (χ1n) is 16.0. The number of ether oxygens (including phenoxy) is 2. The molecule has 43 heavy (non-hydrogen) atoms. The third kappa shape index (κ3) is 27.6. The lowest BCUT2D eigenvalue weighted by molar-refractivity contribution is -0.126. The monoisotopic (exact) mass is 679 g/mol. The van der Waals surface area contributed by atoms with Gasteiger partial charge in [-0.05, 0) is 64.7 Å².